The molecule has 0 spiro atoms. The van der Waals surface area contributed by atoms with E-state index in [2.05, 4.69) is 125 Å². The molecule has 1 atom stereocenters. The lowest BCUT2D eigenvalue weighted by Crippen LogP contribution is -2.30. The quantitative estimate of drug-likeness (QED) is 0.118. The van der Waals surface area contributed by atoms with E-state index in [4.69, 9.17) is 5.73 Å². The number of benzene rings is 3. The van der Waals surface area contributed by atoms with Gasteiger partial charge < -0.3 is 10.6 Å². The van der Waals surface area contributed by atoms with Crippen LogP contribution < -0.4 is 10.6 Å². The molecule has 3 aromatic rings. The van der Waals surface area contributed by atoms with E-state index in [-0.39, 0.29) is 10.8 Å². The van der Waals surface area contributed by atoms with Gasteiger partial charge in [-0.05, 0) is 109 Å². The topological polar surface area (TPSA) is 83.6 Å². The van der Waals surface area contributed by atoms with Crippen LogP contribution in [0.3, 0.4) is 0 Å². The molecule has 49 heavy (non-hydrogen) atoms. The maximum absolute atomic E-state index is 11.9. The molecule has 1 unspecified atom stereocenters. The molecule has 5 rings (SSSR count). The normalized spacial score (nSPS) is 18.8. The van der Waals surface area contributed by atoms with Gasteiger partial charge in [0, 0.05) is 44.2 Å². The number of nitrogens with two attached hydrogens (primary N) is 1. The van der Waals surface area contributed by atoms with Gasteiger partial charge in [-0.1, -0.05) is 107 Å². The molecular formula is C42H50N2O3S2. The molecule has 7 heteroatoms. The van der Waals surface area contributed by atoms with Gasteiger partial charge >= 0.3 is 0 Å². The Bertz CT molecular complexity index is 1950. The van der Waals surface area contributed by atoms with Crippen LogP contribution >= 0.6 is 11.8 Å². The van der Waals surface area contributed by atoms with Gasteiger partial charge in [0.05, 0.1) is 5.25 Å². The zero-order chi connectivity index (χ0) is 35.6. The molecular weight excluding hydrogens is 645 g/mol. The Hall–Kier alpha value is -3.78. The average molecular weight is 695 g/mol. The monoisotopic (exact) mass is 694 g/mol. The number of nitrogens with zero attached hydrogens (tertiary/aromatic N) is 1. The van der Waals surface area contributed by atoms with Crippen LogP contribution in [0.1, 0.15) is 77.0 Å². The lowest BCUT2D eigenvalue weighted by molar-refractivity contribution is 0.466. The number of para-hydroxylation sites is 1. The summed E-state index contributed by atoms with van der Waals surface area (Å²) < 4.78 is 33.5. The molecule has 1 heterocycles. The Morgan fingerprint density at radius 1 is 1.04 bits per heavy atom. The van der Waals surface area contributed by atoms with Crippen LogP contribution in [-0.4, -0.2) is 24.8 Å². The van der Waals surface area contributed by atoms with E-state index >= 15 is 0 Å². The van der Waals surface area contributed by atoms with E-state index < -0.39 is 15.4 Å². The first-order valence-electron chi connectivity index (χ1n) is 17.1. The highest BCUT2D eigenvalue weighted by molar-refractivity contribution is 8.03. The smallest absolute Gasteiger partial charge is 0.267 e. The minimum absolute atomic E-state index is 0.218. The summed E-state index contributed by atoms with van der Waals surface area (Å²) in [7, 11) is -4.12. The van der Waals surface area contributed by atoms with E-state index in [1.807, 2.05) is 18.2 Å². The lowest BCUT2D eigenvalue weighted by Gasteiger charge is -2.29. The molecule has 0 saturated heterocycles. The zero-order valence-corrected chi connectivity index (χ0v) is 31.3. The summed E-state index contributed by atoms with van der Waals surface area (Å²) in [6.07, 6.45) is 12.2. The van der Waals surface area contributed by atoms with Crippen LogP contribution in [0.2, 0.25) is 0 Å². The average Bonchev–Trinajstić information content (AvgIpc) is 3.27. The van der Waals surface area contributed by atoms with Crippen LogP contribution in [0.5, 0.6) is 0 Å². The summed E-state index contributed by atoms with van der Waals surface area (Å²) in [5.74, 6) is 0. The summed E-state index contributed by atoms with van der Waals surface area (Å²) in [6, 6.07) is 24.9. The molecule has 0 bridgehead atoms. The summed E-state index contributed by atoms with van der Waals surface area (Å²) in [6.45, 7) is 17.6. The number of hydrogen-bond donors (Lipinski definition) is 2. The standard InChI is InChI=1S/C42H50N2O3S2/c1-29-13-8-9-16-36(29)41(4,5)30(2)19-20-32-14-12-15-33(40(32)48-35-24-22-34(43)23-25-35)21-26-39-42(6,7)37-17-10-11-18-38(37)44(39)28-27-31(3)49(45,46)47/h8-11,13,16-26,31H,2,12,14-15,27-28,43H2,1,3-7H3,(H,45,46,47)/b20-19+,33-21+,39-26+. The fourth-order valence-electron chi connectivity index (χ4n) is 6.88. The van der Waals surface area contributed by atoms with Crippen molar-refractivity contribution in [2.75, 3.05) is 17.2 Å². The minimum atomic E-state index is -4.12. The molecule has 0 aromatic heterocycles. The van der Waals surface area contributed by atoms with Gasteiger partial charge in [-0.25, -0.2) is 0 Å². The van der Waals surface area contributed by atoms with Gasteiger partial charge in [-0.3, -0.25) is 4.55 Å². The largest absolute Gasteiger partial charge is 0.399 e. The summed E-state index contributed by atoms with van der Waals surface area (Å²) in [4.78, 5) is 4.60. The number of fused-ring (bicyclic) bond motifs is 1. The third kappa shape index (κ3) is 8.01. The first kappa shape index (κ1) is 36.5. The van der Waals surface area contributed by atoms with E-state index in [1.165, 1.54) is 32.7 Å². The van der Waals surface area contributed by atoms with Crippen LogP contribution in [0.4, 0.5) is 11.4 Å². The van der Waals surface area contributed by atoms with Crippen molar-refractivity contribution in [2.24, 2.45) is 0 Å². The number of thioether (sulfide) groups is 1. The first-order valence-corrected chi connectivity index (χ1v) is 19.4. The molecule has 2 aliphatic rings. The maximum Gasteiger partial charge on any atom is 0.267 e. The predicted octanol–water partition coefficient (Wildman–Crippen LogP) is 10.5. The second kappa shape index (κ2) is 14.6. The summed E-state index contributed by atoms with van der Waals surface area (Å²) >= 11 is 1.77. The van der Waals surface area contributed by atoms with Crippen LogP contribution in [0, 0.1) is 6.92 Å². The Morgan fingerprint density at radius 2 is 1.71 bits per heavy atom. The molecule has 0 fully saturated rings. The van der Waals surface area contributed by atoms with Gasteiger partial charge in [0.25, 0.3) is 10.1 Å². The Morgan fingerprint density at radius 3 is 2.41 bits per heavy atom. The fourth-order valence-corrected chi connectivity index (χ4v) is 8.40. The molecule has 0 saturated carbocycles. The van der Waals surface area contributed by atoms with Gasteiger partial charge in [0.1, 0.15) is 0 Å². The van der Waals surface area contributed by atoms with Gasteiger partial charge in [-0.2, -0.15) is 8.42 Å². The van der Waals surface area contributed by atoms with E-state index in [0.717, 1.165) is 46.8 Å². The fraction of sp³-hybridized carbons (Fsp3) is 0.333. The highest BCUT2D eigenvalue weighted by Gasteiger charge is 2.40. The van der Waals surface area contributed by atoms with E-state index in [9.17, 15) is 13.0 Å². The van der Waals surface area contributed by atoms with Gasteiger partial charge in [0.15, 0.2) is 0 Å². The molecule has 0 radical (unpaired) electrons. The number of hydrogen-bond acceptors (Lipinski definition) is 5. The number of allylic oxidation sites excluding steroid dienone is 8. The van der Waals surface area contributed by atoms with Crippen molar-refractivity contribution in [3.05, 3.63) is 148 Å². The SMILES string of the molecule is C=C(/C=C/C1=C(Sc2ccc(N)cc2)C(=C/C=C2/N(CCC(C)S(=O)(=O)O)c3ccccc3C2(C)C)/CCC1)C(C)(C)c1ccccc1C. The molecule has 1 aliphatic carbocycles. The Balaban J connectivity index is 1.55. The molecule has 0 amide bonds. The summed E-state index contributed by atoms with van der Waals surface area (Å²) in [5.41, 5.74) is 15.8. The van der Waals surface area contributed by atoms with Gasteiger partial charge in [-0.15, -0.1) is 0 Å². The van der Waals surface area contributed by atoms with Crippen molar-refractivity contribution in [1.82, 2.24) is 0 Å². The van der Waals surface area contributed by atoms with Crippen molar-refractivity contribution in [3.63, 3.8) is 0 Å². The molecule has 5 nitrogen and oxygen atoms in total. The molecule has 3 N–H and O–H groups in total. The van der Waals surface area contributed by atoms with Crippen LogP contribution in [0.25, 0.3) is 0 Å². The second-order valence-electron chi connectivity index (χ2n) is 14.3. The molecule has 258 valence electrons. The van der Waals surface area contributed by atoms with Crippen molar-refractivity contribution in [3.8, 4) is 0 Å². The predicted molar refractivity (Wildman–Crippen MR) is 209 cm³/mol. The summed E-state index contributed by atoms with van der Waals surface area (Å²) in [5, 5.41) is -0.855. The van der Waals surface area contributed by atoms with Crippen molar-refractivity contribution in [2.45, 2.75) is 88.2 Å². The van der Waals surface area contributed by atoms with Crippen LogP contribution in [0.15, 0.2) is 136 Å². The third-order valence-electron chi connectivity index (χ3n) is 10.2. The maximum atomic E-state index is 11.9. The number of nitrogen functional groups attached to an aromatic ring is 1. The van der Waals surface area contributed by atoms with Crippen molar-refractivity contribution < 1.29 is 13.0 Å². The van der Waals surface area contributed by atoms with E-state index in [1.54, 1.807) is 18.7 Å². The van der Waals surface area contributed by atoms with E-state index in [0.29, 0.717) is 13.0 Å². The molecule has 1 aliphatic heterocycles. The Kier molecular flexibility index (Phi) is 10.9. The minimum Gasteiger partial charge on any atom is -0.399 e. The first-order chi connectivity index (χ1) is 23.1. The van der Waals surface area contributed by atoms with Crippen molar-refractivity contribution >= 4 is 33.3 Å². The lowest BCUT2D eigenvalue weighted by atomic mass is 9.76. The van der Waals surface area contributed by atoms with Crippen LogP contribution in [-0.2, 0) is 20.9 Å². The zero-order valence-electron chi connectivity index (χ0n) is 29.7. The van der Waals surface area contributed by atoms with Gasteiger partial charge in [0.2, 0.25) is 0 Å². The Labute approximate surface area is 298 Å². The number of rotatable bonds is 11. The third-order valence-corrected chi connectivity index (χ3v) is 12.7. The second-order valence-corrected chi connectivity index (χ2v) is 17.2. The van der Waals surface area contributed by atoms with Crippen molar-refractivity contribution in [1.29, 1.82) is 0 Å². The highest BCUT2D eigenvalue weighted by atomic mass is 32.2. The number of anilines is 2. The number of aryl methyl sites for hydroxylation is 1. The highest BCUT2D eigenvalue weighted by Crippen LogP contribution is 2.48. The molecule has 3 aromatic carbocycles.